The summed E-state index contributed by atoms with van der Waals surface area (Å²) in [6.45, 7) is 0.600. The van der Waals surface area contributed by atoms with Crippen molar-refractivity contribution in [1.29, 1.82) is 0 Å². The van der Waals surface area contributed by atoms with E-state index < -0.39 is 10.0 Å². The molecule has 0 atom stereocenters. The Morgan fingerprint density at radius 1 is 1.08 bits per heavy atom. The van der Waals surface area contributed by atoms with Gasteiger partial charge in [-0.05, 0) is 36.1 Å². The quantitative estimate of drug-likeness (QED) is 0.723. The van der Waals surface area contributed by atoms with Gasteiger partial charge in [-0.15, -0.1) is 0 Å². The maximum Gasteiger partial charge on any atom is 0.265 e. The van der Waals surface area contributed by atoms with Crippen LogP contribution in [0.5, 0.6) is 0 Å². The molecule has 26 heavy (non-hydrogen) atoms. The second kappa shape index (κ2) is 6.49. The van der Waals surface area contributed by atoms with Crippen LogP contribution < -0.4 is 9.62 Å². The molecule has 6 nitrogen and oxygen atoms in total. The fourth-order valence-electron chi connectivity index (χ4n) is 3.27. The molecule has 0 saturated carbocycles. The predicted octanol–water partition coefficient (Wildman–Crippen LogP) is 3.04. The minimum absolute atomic E-state index is 0.131. The van der Waals surface area contributed by atoms with E-state index >= 15 is 0 Å². The highest BCUT2D eigenvalue weighted by Gasteiger charge is 2.34. The summed E-state index contributed by atoms with van der Waals surface area (Å²) in [6.07, 6.45) is 2.24. The molecule has 3 aromatic rings. The Kier molecular flexibility index (Phi) is 4.16. The van der Waals surface area contributed by atoms with Crippen LogP contribution in [0.15, 0.2) is 64.1 Å². The van der Waals surface area contributed by atoms with Crippen molar-refractivity contribution in [2.75, 3.05) is 10.8 Å². The zero-order chi connectivity index (χ0) is 18.1. The summed E-state index contributed by atoms with van der Waals surface area (Å²) in [4.78, 5) is 12.3. The lowest BCUT2D eigenvalue weighted by Crippen LogP contribution is -2.29. The Morgan fingerprint density at radius 3 is 2.65 bits per heavy atom. The number of hydrogen-bond acceptors (Lipinski definition) is 4. The van der Waals surface area contributed by atoms with Gasteiger partial charge in [-0.1, -0.05) is 24.3 Å². The van der Waals surface area contributed by atoms with Crippen molar-refractivity contribution in [3.63, 3.8) is 0 Å². The molecule has 1 N–H and O–H groups in total. The van der Waals surface area contributed by atoms with Gasteiger partial charge in [-0.2, -0.15) is 0 Å². The van der Waals surface area contributed by atoms with Crippen molar-refractivity contribution < 1.29 is 17.6 Å². The number of benzene rings is 2. The summed E-state index contributed by atoms with van der Waals surface area (Å²) in [5.41, 5.74) is 0.689. The molecule has 0 aliphatic carbocycles. The molecule has 2 heterocycles. The molecule has 134 valence electrons. The monoisotopic (exact) mass is 370 g/mol. The number of furan rings is 1. The number of anilines is 1. The minimum atomic E-state index is -3.56. The van der Waals surface area contributed by atoms with Crippen LogP contribution in [0.3, 0.4) is 0 Å². The van der Waals surface area contributed by atoms with Crippen molar-refractivity contribution in [3.8, 4) is 0 Å². The molecule has 1 aromatic heterocycles. The van der Waals surface area contributed by atoms with E-state index in [4.69, 9.17) is 4.42 Å². The SMILES string of the molecule is O=C(CCCN1c2cccc3cccc(c23)S1(=O)=O)NCc1ccco1. The van der Waals surface area contributed by atoms with E-state index in [1.807, 2.05) is 24.3 Å². The first-order chi connectivity index (χ1) is 12.6. The molecule has 7 heteroatoms. The van der Waals surface area contributed by atoms with Crippen LogP contribution in [0.2, 0.25) is 0 Å². The Hall–Kier alpha value is -2.80. The molecule has 0 bridgehead atoms. The zero-order valence-electron chi connectivity index (χ0n) is 14.0. The van der Waals surface area contributed by atoms with E-state index in [1.54, 1.807) is 30.5 Å². The fourth-order valence-corrected chi connectivity index (χ4v) is 5.02. The summed E-state index contributed by atoms with van der Waals surface area (Å²) >= 11 is 0. The average Bonchev–Trinajstić information content (AvgIpc) is 3.22. The summed E-state index contributed by atoms with van der Waals surface area (Å²) in [5.74, 6) is 0.552. The van der Waals surface area contributed by atoms with Gasteiger partial charge in [0.05, 0.1) is 23.4 Å². The summed E-state index contributed by atoms with van der Waals surface area (Å²) in [6, 6.07) is 14.4. The molecule has 0 radical (unpaired) electrons. The predicted molar refractivity (Wildman–Crippen MR) is 98.3 cm³/mol. The second-order valence-corrected chi connectivity index (χ2v) is 8.00. The van der Waals surface area contributed by atoms with Crippen molar-refractivity contribution in [1.82, 2.24) is 5.32 Å². The third-order valence-corrected chi connectivity index (χ3v) is 6.34. The third kappa shape index (κ3) is 2.84. The second-order valence-electron chi connectivity index (χ2n) is 6.17. The Bertz CT molecular complexity index is 1050. The van der Waals surface area contributed by atoms with Gasteiger partial charge in [0.25, 0.3) is 10.0 Å². The van der Waals surface area contributed by atoms with Crippen LogP contribution >= 0.6 is 0 Å². The van der Waals surface area contributed by atoms with Crippen molar-refractivity contribution in [2.45, 2.75) is 24.3 Å². The molecule has 0 saturated heterocycles. The maximum atomic E-state index is 12.8. The molecule has 0 spiro atoms. The van der Waals surface area contributed by atoms with E-state index in [0.717, 1.165) is 10.8 Å². The molecule has 0 fully saturated rings. The van der Waals surface area contributed by atoms with Crippen LogP contribution in [0.4, 0.5) is 5.69 Å². The number of amides is 1. The Balaban J connectivity index is 1.43. The summed E-state index contributed by atoms with van der Waals surface area (Å²) < 4.78 is 32.2. The molecular formula is C19H18N2O4S. The normalized spacial score (nSPS) is 14.7. The zero-order valence-corrected chi connectivity index (χ0v) is 14.8. The average molecular weight is 370 g/mol. The fraction of sp³-hybridized carbons (Fsp3) is 0.211. The van der Waals surface area contributed by atoms with E-state index in [-0.39, 0.29) is 18.9 Å². The molecule has 2 aromatic carbocycles. The number of carbonyl (C=O) groups is 1. The van der Waals surface area contributed by atoms with E-state index in [1.165, 1.54) is 4.31 Å². The molecule has 4 rings (SSSR count). The standard InChI is InChI=1S/C19H18N2O4S/c22-18(20-13-15-7-4-12-25-15)10-3-11-21-16-8-1-5-14-6-2-9-17(19(14)16)26(21,23)24/h1-2,4-9,12H,3,10-11,13H2,(H,20,22). The number of carbonyl (C=O) groups excluding carboxylic acids is 1. The third-order valence-electron chi connectivity index (χ3n) is 4.49. The minimum Gasteiger partial charge on any atom is -0.467 e. The van der Waals surface area contributed by atoms with E-state index in [2.05, 4.69) is 5.32 Å². The number of nitrogens with one attached hydrogen (secondary N) is 1. The molecule has 0 unspecified atom stereocenters. The van der Waals surface area contributed by atoms with Crippen LogP contribution in [0.1, 0.15) is 18.6 Å². The lowest BCUT2D eigenvalue weighted by molar-refractivity contribution is -0.121. The van der Waals surface area contributed by atoms with Gasteiger partial charge in [0, 0.05) is 18.4 Å². The smallest absolute Gasteiger partial charge is 0.265 e. The topological polar surface area (TPSA) is 79.6 Å². The first-order valence-corrected chi connectivity index (χ1v) is 9.85. The first-order valence-electron chi connectivity index (χ1n) is 8.41. The van der Waals surface area contributed by atoms with E-state index in [0.29, 0.717) is 29.3 Å². The molecule has 1 aliphatic heterocycles. The highest BCUT2D eigenvalue weighted by molar-refractivity contribution is 7.93. The lowest BCUT2D eigenvalue weighted by Gasteiger charge is -2.18. The molecule has 1 amide bonds. The maximum absolute atomic E-state index is 12.8. The van der Waals surface area contributed by atoms with Gasteiger partial charge < -0.3 is 9.73 Å². The van der Waals surface area contributed by atoms with Crippen LogP contribution in [-0.4, -0.2) is 20.9 Å². The van der Waals surface area contributed by atoms with Gasteiger partial charge in [-0.25, -0.2) is 8.42 Å². The summed E-state index contributed by atoms with van der Waals surface area (Å²) in [7, 11) is -3.56. The van der Waals surface area contributed by atoms with Gasteiger partial charge in [0.1, 0.15) is 5.76 Å². The van der Waals surface area contributed by atoms with Crippen molar-refractivity contribution in [3.05, 3.63) is 60.6 Å². The van der Waals surface area contributed by atoms with Crippen LogP contribution in [0, 0.1) is 0 Å². The Morgan fingerprint density at radius 2 is 1.88 bits per heavy atom. The number of sulfonamides is 1. The van der Waals surface area contributed by atoms with Crippen LogP contribution in [-0.2, 0) is 21.4 Å². The first kappa shape index (κ1) is 16.7. The summed E-state index contributed by atoms with van der Waals surface area (Å²) in [5, 5.41) is 4.43. The molecule has 1 aliphatic rings. The lowest BCUT2D eigenvalue weighted by atomic mass is 10.1. The number of hydrogen-bond donors (Lipinski definition) is 1. The molecular weight excluding hydrogens is 352 g/mol. The highest BCUT2D eigenvalue weighted by atomic mass is 32.2. The van der Waals surface area contributed by atoms with Gasteiger partial charge >= 0.3 is 0 Å². The van der Waals surface area contributed by atoms with Crippen molar-refractivity contribution >= 4 is 32.4 Å². The number of rotatable bonds is 6. The van der Waals surface area contributed by atoms with Gasteiger partial charge in [0.2, 0.25) is 5.91 Å². The Labute approximate surface area is 151 Å². The van der Waals surface area contributed by atoms with Crippen molar-refractivity contribution in [2.24, 2.45) is 0 Å². The largest absolute Gasteiger partial charge is 0.467 e. The van der Waals surface area contributed by atoms with Gasteiger partial charge in [0.15, 0.2) is 0 Å². The van der Waals surface area contributed by atoms with E-state index in [9.17, 15) is 13.2 Å². The van der Waals surface area contributed by atoms with Gasteiger partial charge in [-0.3, -0.25) is 9.10 Å². The van der Waals surface area contributed by atoms with Crippen LogP contribution in [0.25, 0.3) is 10.8 Å². The highest BCUT2D eigenvalue weighted by Crippen LogP contribution is 2.41. The number of nitrogens with zero attached hydrogens (tertiary/aromatic N) is 1.